The van der Waals surface area contributed by atoms with E-state index in [1.54, 1.807) is 28.8 Å². The monoisotopic (exact) mass is 304 g/mol. The summed E-state index contributed by atoms with van der Waals surface area (Å²) < 4.78 is 1.70. The van der Waals surface area contributed by atoms with Crippen LogP contribution in [0, 0.1) is 0 Å². The second kappa shape index (κ2) is 8.46. The number of nitrogens with one attached hydrogen (secondary N) is 1. The predicted octanol–water partition coefficient (Wildman–Crippen LogP) is 2.42. The van der Waals surface area contributed by atoms with E-state index in [2.05, 4.69) is 22.3 Å². The number of carbonyl (C=O) groups excluding carboxylic acids is 1. The molecular formula is C15H20N4OS. The van der Waals surface area contributed by atoms with Gasteiger partial charge >= 0.3 is 0 Å². The van der Waals surface area contributed by atoms with E-state index in [0.717, 1.165) is 23.6 Å². The van der Waals surface area contributed by atoms with Gasteiger partial charge in [-0.1, -0.05) is 13.3 Å². The molecule has 1 N–H and O–H groups in total. The van der Waals surface area contributed by atoms with Crippen molar-refractivity contribution in [2.45, 2.75) is 26.3 Å². The van der Waals surface area contributed by atoms with Crippen molar-refractivity contribution in [1.29, 1.82) is 0 Å². The van der Waals surface area contributed by atoms with Gasteiger partial charge in [0.25, 0.3) is 0 Å². The van der Waals surface area contributed by atoms with E-state index in [-0.39, 0.29) is 5.91 Å². The largest absolute Gasteiger partial charge is 0.351 e. The Morgan fingerprint density at radius 1 is 1.43 bits per heavy atom. The van der Waals surface area contributed by atoms with Gasteiger partial charge in [-0.15, -0.1) is 0 Å². The highest BCUT2D eigenvalue weighted by atomic mass is 32.2. The number of nitrogens with zero attached hydrogens (tertiary/aromatic N) is 3. The van der Waals surface area contributed by atoms with Crippen LogP contribution in [-0.4, -0.2) is 32.2 Å². The van der Waals surface area contributed by atoms with Gasteiger partial charge in [-0.05, 0) is 35.9 Å². The number of amides is 1. The molecule has 0 radical (unpaired) electrons. The van der Waals surface area contributed by atoms with Crippen molar-refractivity contribution in [3.63, 3.8) is 0 Å². The number of hydrogen-bond donors (Lipinski definition) is 1. The van der Waals surface area contributed by atoms with Crippen molar-refractivity contribution in [1.82, 2.24) is 20.1 Å². The summed E-state index contributed by atoms with van der Waals surface area (Å²) in [6.45, 7) is 2.67. The molecule has 0 aromatic carbocycles. The molecule has 0 fully saturated rings. The first kappa shape index (κ1) is 15.6. The standard InChI is InChI=1S/C15H20N4OS/c1-2-3-9-21-12-15(20)17-11-13-5-7-16-14(10-13)19-8-4-6-18-19/h4-8,10H,2-3,9,11-12H2,1H3,(H,17,20). The van der Waals surface area contributed by atoms with Gasteiger partial charge < -0.3 is 5.32 Å². The van der Waals surface area contributed by atoms with Crippen molar-refractivity contribution < 1.29 is 4.79 Å². The topological polar surface area (TPSA) is 59.8 Å². The van der Waals surface area contributed by atoms with Gasteiger partial charge in [0, 0.05) is 25.1 Å². The molecule has 0 atom stereocenters. The molecule has 2 aromatic rings. The molecule has 112 valence electrons. The van der Waals surface area contributed by atoms with Crippen LogP contribution in [0.5, 0.6) is 0 Å². The van der Waals surface area contributed by atoms with E-state index in [1.165, 1.54) is 6.42 Å². The summed E-state index contributed by atoms with van der Waals surface area (Å²) in [7, 11) is 0. The molecular weight excluding hydrogens is 284 g/mol. The van der Waals surface area contributed by atoms with Gasteiger partial charge in [0.1, 0.15) is 0 Å². The van der Waals surface area contributed by atoms with Crippen LogP contribution < -0.4 is 5.32 Å². The molecule has 0 saturated carbocycles. The van der Waals surface area contributed by atoms with Crippen LogP contribution in [0.4, 0.5) is 0 Å². The van der Waals surface area contributed by atoms with Gasteiger partial charge in [0.05, 0.1) is 5.75 Å². The quantitative estimate of drug-likeness (QED) is 0.761. The highest BCUT2D eigenvalue weighted by Gasteiger charge is 2.03. The van der Waals surface area contributed by atoms with Crippen molar-refractivity contribution in [2.75, 3.05) is 11.5 Å². The first-order chi connectivity index (χ1) is 10.3. The molecule has 0 bridgehead atoms. The van der Waals surface area contributed by atoms with E-state index < -0.39 is 0 Å². The second-order valence-electron chi connectivity index (χ2n) is 4.66. The Morgan fingerprint density at radius 3 is 3.10 bits per heavy atom. The number of unbranched alkanes of at least 4 members (excludes halogenated alkanes) is 1. The molecule has 0 unspecified atom stereocenters. The third kappa shape index (κ3) is 5.23. The third-order valence-electron chi connectivity index (χ3n) is 2.91. The zero-order chi connectivity index (χ0) is 14.9. The average molecular weight is 304 g/mol. The Bertz CT molecular complexity index is 557. The first-order valence-corrected chi connectivity index (χ1v) is 8.24. The molecule has 5 nitrogen and oxygen atoms in total. The number of thioether (sulfide) groups is 1. The predicted molar refractivity (Wildman–Crippen MR) is 85.4 cm³/mol. The number of pyridine rings is 1. The fourth-order valence-corrected chi connectivity index (χ4v) is 2.69. The van der Waals surface area contributed by atoms with Crippen LogP contribution in [-0.2, 0) is 11.3 Å². The number of carbonyl (C=O) groups is 1. The maximum Gasteiger partial charge on any atom is 0.230 e. The van der Waals surface area contributed by atoms with Crippen molar-refractivity contribution in [3.8, 4) is 5.82 Å². The highest BCUT2D eigenvalue weighted by Crippen LogP contribution is 2.07. The SMILES string of the molecule is CCCCSCC(=O)NCc1ccnc(-n2cccn2)c1. The molecule has 1 amide bonds. The minimum absolute atomic E-state index is 0.0774. The molecule has 0 spiro atoms. The Hall–Kier alpha value is -1.82. The van der Waals surface area contributed by atoms with Crippen molar-refractivity contribution in [3.05, 3.63) is 42.4 Å². The summed E-state index contributed by atoms with van der Waals surface area (Å²) in [5.74, 6) is 2.40. The minimum Gasteiger partial charge on any atom is -0.351 e. The number of aromatic nitrogens is 3. The minimum atomic E-state index is 0.0774. The zero-order valence-electron chi connectivity index (χ0n) is 12.2. The van der Waals surface area contributed by atoms with Crippen LogP contribution >= 0.6 is 11.8 Å². The van der Waals surface area contributed by atoms with Crippen LogP contribution in [0.25, 0.3) is 5.82 Å². The number of rotatable bonds is 8. The van der Waals surface area contributed by atoms with Gasteiger partial charge in [0.2, 0.25) is 5.91 Å². The van der Waals surface area contributed by atoms with Gasteiger partial charge in [-0.25, -0.2) is 9.67 Å². The lowest BCUT2D eigenvalue weighted by Gasteiger charge is -2.07. The lowest BCUT2D eigenvalue weighted by atomic mass is 10.2. The maximum absolute atomic E-state index is 11.7. The van der Waals surface area contributed by atoms with E-state index in [4.69, 9.17) is 0 Å². The third-order valence-corrected chi connectivity index (χ3v) is 3.96. The lowest BCUT2D eigenvalue weighted by Crippen LogP contribution is -2.24. The van der Waals surface area contributed by atoms with Crippen LogP contribution in [0.3, 0.4) is 0 Å². The van der Waals surface area contributed by atoms with Crippen molar-refractivity contribution in [2.24, 2.45) is 0 Å². The maximum atomic E-state index is 11.7. The molecule has 21 heavy (non-hydrogen) atoms. The second-order valence-corrected chi connectivity index (χ2v) is 5.76. The van der Waals surface area contributed by atoms with Crippen LogP contribution in [0.15, 0.2) is 36.8 Å². The van der Waals surface area contributed by atoms with Gasteiger partial charge in [-0.2, -0.15) is 16.9 Å². The average Bonchev–Trinajstić information content (AvgIpc) is 3.04. The first-order valence-electron chi connectivity index (χ1n) is 7.09. The Morgan fingerprint density at radius 2 is 2.33 bits per heavy atom. The normalized spacial score (nSPS) is 10.5. The molecule has 0 aliphatic heterocycles. The number of hydrogen-bond acceptors (Lipinski definition) is 4. The lowest BCUT2D eigenvalue weighted by molar-refractivity contribution is -0.118. The summed E-state index contributed by atoms with van der Waals surface area (Å²) >= 11 is 1.68. The summed E-state index contributed by atoms with van der Waals surface area (Å²) in [5.41, 5.74) is 1.02. The van der Waals surface area contributed by atoms with E-state index >= 15 is 0 Å². The fourth-order valence-electron chi connectivity index (χ4n) is 1.76. The molecule has 0 aliphatic carbocycles. The molecule has 2 aromatic heterocycles. The van der Waals surface area contributed by atoms with Crippen LogP contribution in [0.1, 0.15) is 25.3 Å². The molecule has 2 rings (SSSR count). The van der Waals surface area contributed by atoms with E-state index in [1.807, 2.05) is 24.4 Å². The molecule has 6 heteroatoms. The zero-order valence-corrected chi connectivity index (χ0v) is 13.0. The summed E-state index contributed by atoms with van der Waals surface area (Å²) in [6.07, 6.45) is 7.62. The Kier molecular flexibility index (Phi) is 6.27. The summed E-state index contributed by atoms with van der Waals surface area (Å²) in [5, 5.41) is 7.08. The molecule has 2 heterocycles. The molecule has 0 saturated heterocycles. The Labute approximate surface area is 129 Å². The summed E-state index contributed by atoms with van der Waals surface area (Å²) in [4.78, 5) is 16.0. The van der Waals surface area contributed by atoms with E-state index in [0.29, 0.717) is 12.3 Å². The molecule has 0 aliphatic rings. The Balaban J connectivity index is 1.81. The fraction of sp³-hybridized carbons (Fsp3) is 0.400. The highest BCUT2D eigenvalue weighted by molar-refractivity contribution is 7.99. The van der Waals surface area contributed by atoms with Gasteiger partial charge in [-0.3, -0.25) is 4.79 Å². The van der Waals surface area contributed by atoms with Crippen molar-refractivity contribution >= 4 is 17.7 Å². The smallest absolute Gasteiger partial charge is 0.230 e. The van der Waals surface area contributed by atoms with Crippen LogP contribution in [0.2, 0.25) is 0 Å². The summed E-state index contributed by atoms with van der Waals surface area (Å²) in [6, 6.07) is 5.68. The van der Waals surface area contributed by atoms with E-state index in [9.17, 15) is 4.79 Å². The van der Waals surface area contributed by atoms with Gasteiger partial charge in [0.15, 0.2) is 5.82 Å².